The molecule has 0 spiro atoms. The SMILES string of the molecule is NC(=O)c1ccc(-c2ccc(C=C3NC(=S)NC3=O)s2)cc1. The molecule has 1 saturated heterocycles. The molecule has 1 aliphatic rings. The number of rotatable bonds is 3. The summed E-state index contributed by atoms with van der Waals surface area (Å²) in [6.45, 7) is 0. The highest BCUT2D eigenvalue weighted by Gasteiger charge is 2.20. The molecule has 1 fully saturated rings. The Labute approximate surface area is 135 Å². The van der Waals surface area contributed by atoms with Gasteiger partial charge >= 0.3 is 0 Å². The zero-order valence-electron chi connectivity index (χ0n) is 11.3. The van der Waals surface area contributed by atoms with Crippen LogP contribution in [0.5, 0.6) is 0 Å². The molecule has 22 heavy (non-hydrogen) atoms. The zero-order chi connectivity index (χ0) is 15.7. The van der Waals surface area contributed by atoms with Crippen LogP contribution in [0.1, 0.15) is 15.2 Å². The number of primary amides is 1. The van der Waals surface area contributed by atoms with Gasteiger partial charge in [-0.25, -0.2) is 0 Å². The number of carbonyl (C=O) groups excluding carboxylic acids is 2. The molecule has 2 heterocycles. The minimum atomic E-state index is -0.447. The van der Waals surface area contributed by atoms with E-state index < -0.39 is 5.91 Å². The Hall–Kier alpha value is -2.51. The smallest absolute Gasteiger partial charge is 0.273 e. The second-order valence-corrected chi connectivity index (χ2v) is 6.13. The molecule has 0 unspecified atom stereocenters. The second kappa shape index (κ2) is 5.70. The normalized spacial score (nSPS) is 15.7. The first kappa shape index (κ1) is 14.4. The van der Waals surface area contributed by atoms with Gasteiger partial charge in [0.2, 0.25) is 5.91 Å². The minimum absolute atomic E-state index is 0.231. The third-order valence-corrected chi connectivity index (χ3v) is 4.37. The van der Waals surface area contributed by atoms with Gasteiger partial charge in [0.1, 0.15) is 5.70 Å². The number of benzene rings is 1. The third-order valence-electron chi connectivity index (χ3n) is 3.09. The van der Waals surface area contributed by atoms with Crippen LogP contribution in [-0.2, 0) is 4.79 Å². The van der Waals surface area contributed by atoms with Crippen molar-refractivity contribution < 1.29 is 9.59 Å². The molecule has 4 N–H and O–H groups in total. The van der Waals surface area contributed by atoms with Gasteiger partial charge in [0.05, 0.1) is 0 Å². The molecule has 110 valence electrons. The molecule has 7 heteroatoms. The molecule has 1 aliphatic heterocycles. The molecular formula is C15H11N3O2S2. The average Bonchev–Trinajstić information content (AvgIpc) is 3.06. The highest BCUT2D eigenvalue weighted by atomic mass is 32.1. The van der Waals surface area contributed by atoms with E-state index >= 15 is 0 Å². The predicted octanol–water partition coefficient (Wildman–Crippen LogP) is 1.86. The van der Waals surface area contributed by atoms with E-state index in [-0.39, 0.29) is 5.91 Å². The number of nitrogens with one attached hydrogen (secondary N) is 2. The lowest BCUT2D eigenvalue weighted by Crippen LogP contribution is -2.21. The van der Waals surface area contributed by atoms with Crippen LogP contribution in [0.25, 0.3) is 16.5 Å². The van der Waals surface area contributed by atoms with E-state index in [0.717, 1.165) is 15.3 Å². The van der Waals surface area contributed by atoms with Crippen LogP contribution in [0.4, 0.5) is 0 Å². The van der Waals surface area contributed by atoms with Crippen molar-refractivity contribution in [1.29, 1.82) is 0 Å². The van der Waals surface area contributed by atoms with Crippen LogP contribution < -0.4 is 16.4 Å². The van der Waals surface area contributed by atoms with Crippen molar-refractivity contribution in [1.82, 2.24) is 10.6 Å². The number of thiophene rings is 1. The fourth-order valence-electron chi connectivity index (χ4n) is 2.01. The summed E-state index contributed by atoms with van der Waals surface area (Å²) in [7, 11) is 0. The Morgan fingerprint density at radius 1 is 1.14 bits per heavy atom. The molecule has 2 aromatic rings. The topological polar surface area (TPSA) is 84.2 Å². The van der Waals surface area contributed by atoms with Crippen molar-refractivity contribution in [2.24, 2.45) is 5.73 Å². The first-order valence-corrected chi connectivity index (χ1v) is 7.59. The zero-order valence-corrected chi connectivity index (χ0v) is 12.9. The summed E-state index contributed by atoms with van der Waals surface area (Å²) >= 11 is 6.42. The van der Waals surface area contributed by atoms with Crippen LogP contribution in [0.3, 0.4) is 0 Å². The van der Waals surface area contributed by atoms with Crippen molar-refractivity contribution in [3.05, 3.63) is 52.5 Å². The van der Waals surface area contributed by atoms with Crippen molar-refractivity contribution in [2.45, 2.75) is 0 Å². The first-order chi connectivity index (χ1) is 10.5. The Bertz CT molecular complexity index is 806. The van der Waals surface area contributed by atoms with E-state index in [1.54, 1.807) is 18.2 Å². The average molecular weight is 329 g/mol. The molecule has 5 nitrogen and oxygen atoms in total. The summed E-state index contributed by atoms with van der Waals surface area (Å²) in [5.74, 6) is -0.678. The Morgan fingerprint density at radius 2 is 1.86 bits per heavy atom. The fraction of sp³-hybridized carbons (Fsp3) is 0. The van der Waals surface area contributed by atoms with Gasteiger partial charge in [-0.1, -0.05) is 12.1 Å². The van der Waals surface area contributed by atoms with Crippen molar-refractivity contribution >= 4 is 46.6 Å². The molecule has 3 rings (SSSR count). The molecule has 0 bridgehead atoms. The maximum Gasteiger partial charge on any atom is 0.273 e. The van der Waals surface area contributed by atoms with Crippen molar-refractivity contribution in [3.63, 3.8) is 0 Å². The maximum atomic E-state index is 11.6. The molecule has 0 aliphatic carbocycles. The van der Waals surface area contributed by atoms with Gasteiger partial charge in [0, 0.05) is 15.3 Å². The van der Waals surface area contributed by atoms with E-state index in [9.17, 15) is 9.59 Å². The summed E-state index contributed by atoms with van der Waals surface area (Å²) in [6.07, 6.45) is 1.75. The molecule has 0 radical (unpaired) electrons. The maximum absolute atomic E-state index is 11.6. The van der Waals surface area contributed by atoms with Gasteiger partial charge < -0.3 is 11.1 Å². The van der Waals surface area contributed by atoms with Crippen molar-refractivity contribution in [3.8, 4) is 10.4 Å². The number of hydrogen-bond acceptors (Lipinski definition) is 4. The Morgan fingerprint density at radius 3 is 2.45 bits per heavy atom. The van der Waals surface area contributed by atoms with E-state index in [2.05, 4.69) is 10.6 Å². The summed E-state index contributed by atoms with van der Waals surface area (Å²) in [5.41, 5.74) is 7.12. The van der Waals surface area contributed by atoms with Crippen LogP contribution in [-0.4, -0.2) is 16.9 Å². The number of nitrogens with two attached hydrogens (primary N) is 1. The molecule has 0 saturated carbocycles. The third kappa shape index (κ3) is 2.90. The Balaban J connectivity index is 1.85. The van der Waals surface area contributed by atoms with Crippen LogP contribution in [0.2, 0.25) is 0 Å². The van der Waals surface area contributed by atoms with E-state index in [0.29, 0.717) is 16.4 Å². The van der Waals surface area contributed by atoms with Gasteiger partial charge in [0.25, 0.3) is 5.91 Å². The molecular weight excluding hydrogens is 318 g/mol. The second-order valence-electron chi connectivity index (χ2n) is 4.61. The van der Waals surface area contributed by atoms with E-state index in [1.165, 1.54) is 11.3 Å². The quantitative estimate of drug-likeness (QED) is 0.593. The fourth-order valence-corrected chi connectivity index (χ4v) is 3.17. The molecule has 2 amide bonds. The molecule has 0 atom stereocenters. The van der Waals surface area contributed by atoms with Crippen LogP contribution in [0.15, 0.2) is 42.1 Å². The summed E-state index contributed by atoms with van der Waals surface area (Å²) in [4.78, 5) is 24.6. The largest absolute Gasteiger partial charge is 0.366 e. The Kier molecular flexibility index (Phi) is 3.74. The van der Waals surface area contributed by atoms with Gasteiger partial charge in [-0.3, -0.25) is 14.9 Å². The van der Waals surface area contributed by atoms with Gasteiger partial charge in [0.15, 0.2) is 5.11 Å². The highest BCUT2D eigenvalue weighted by Crippen LogP contribution is 2.29. The number of carbonyl (C=O) groups is 2. The van der Waals surface area contributed by atoms with E-state index in [1.807, 2.05) is 24.3 Å². The van der Waals surface area contributed by atoms with Gasteiger partial charge in [-0.05, 0) is 48.1 Å². The summed E-state index contributed by atoms with van der Waals surface area (Å²) in [6, 6.07) is 11.0. The summed E-state index contributed by atoms with van der Waals surface area (Å²) < 4.78 is 0. The monoisotopic (exact) mass is 329 g/mol. The van der Waals surface area contributed by atoms with Crippen LogP contribution in [0, 0.1) is 0 Å². The standard InChI is InChI=1S/C15H11N3O2S2/c16-13(19)9-3-1-8(2-4-9)12-6-5-10(22-12)7-11-14(20)18-15(21)17-11/h1-7H,(H2,16,19)(H2,17,18,20,21). The van der Waals surface area contributed by atoms with Gasteiger partial charge in [-0.2, -0.15) is 0 Å². The van der Waals surface area contributed by atoms with Crippen LogP contribution >= 0.6 is 23.6 Å². The van der Waals surface area contributed by atoms with Crippen molar-refractivity contribution in [2.75, 3.05) is 0 Å². The van der Waals surface area contributed by atoms with E-state index in [4.69, 9.17) is 18.0 Å². The first-order valence-electron chi connectivity index (χ1n) is 6.37. The highest BCUT2D eigenvalue weighted by molar-refractivity contribution is 7.80. The number of thiocarbonyl (C=S) groups is 1. The molecule has 1 aromatic heterocycles. The predicted molar refractivity (Wildman–Crippen MR) is 90.1 cm³/mol. The number of hydrogen-bond donors (Lipinski definition) is 3. The summed E-state index contributed by atoms with van der Waals surface area (Å²) in [5, 5.41) is 5.64. The lowest BCUT2D eigenvalue weighted by Gasteiger charge is -1.99. The molecule has 1 aromatic carbocycles. The number of amides is 2. The minimum Gasteiger partial charge on any atom is -0.366 e. The lowest BCUT2D eigenvalue weighted by atomic mass is 10.1. The van der Waals surface area contributed by atoms with Gasteiger partial charge in [-0.15, -0.1) is 11.3 Å². The lowest BCUT2D eigenvalue weighted by molar-refractivity contribution is -0.115.